The second kappa shape index (κ2) is 9.35. The Balaban J connectivity index is 0.00000225. The molecule has 0 N–H and O–H groups in total. The van der Waals surface area contributed by atoms with E-state index in [1.54, 1.807) is 6.07 Å². The zero-order valence-corrected chi connectivity index (χ0v) is 15.2. The Morgan fingerprint density at radius 3 is 2.48 bits per heavy atom. The number of nitrogens with zero attached hydrogens (tertiary/aromatic N) is 2. The number of hydrogen-bond acceptors (Lipinski definition) is 4. The molecule has 0 atom stereocenters. The summed E-state index contributed by atoms with van der Waals surface area (Å²) < 4.78 is 0. The van der Waals surface area contributed by atoms with Gasteiger partial charge in [-0.2, -0.15) is 0 Å². The van der Waals surface area contributed by atoms with Crippen molar-refractivity contribution >= 4 is 24.1 Å². The number of aryl methyl sites for hydroxylation is 1. The van der Waals surface area contributed by atoms with Crippen molar-refractivity contribution in [3.63, 3.8) is 0 Å². The molecule has 0 aliphatic carbocycles. The summed E-state index contributed by atoms with van der Waals surface area (Å²) in [7, 11) is 0. The lowest BCUT2D eigenvalue weighted by atomic mass is 10.1. The number of hydrogen-bond donors (Lipinski definition) is 0. The van der Waals surface area contributed by atoms with E-state index < -0.39 is 5.97 Å². The van der Waals surface area contributed by atoms with E-state index in [0.717, 1.165) is 43.8 Å². The summed E-state index contributed by atoms with van der Waals surface area (Å²) in [4.78, 5) is 19.5. The van der Waals surface area contributed by atoms with Gasteiger partial charge in [0.15, 0.2) is 0 Å². The van der Waals surface area contributed by atoms with Gasteiger partial charge in [-0.3, -0.25) is 4.90 Å². The van der Waals surface area contributed by atoms with E-state index in [2.05, 4.69) is 34.3 Å². The van der Waals surface area contributed by atoms with Crippen molar-refractivity contribution in [3.8, 4) is 0 Å². The van der Waals surface area contributed by atoms with Crippen LogP contribution in [0.4, 0.5) is 0 Å². The summed E-state index contributed by atoms with van der Waals surface area (Å²) in [5.74, 6) is -0.391. The van der Waals surface area contributed by atoms with Crippen molar-refractivity contribution in [2.45, 2.75) is 26.3 Å². The quantitative estimate of drug-likeness (QED) is 0.606. The predicted molar refractivity (Wildman–Crippen MR) is 102 cm³/mol. The summed E-state index contributed by atoms with van der Waals surface area (Å²) in [6.45, 7) is 4.79. The van der Waals surface area contributed by atoms with E-state index in [1.807, 2.05) is 31.2 Å². The highest BCUT2D eigenvalue weighted by molar-refractivity contribution is 5.91. The molecule has 132 valence electrons. The van der Waals surface area contributed by atoms with E-state index in [0.29, 0.717) is 5.56 Å². The van der Waals surface area contributed by atoms with Crippen LogP contribution in [0.5, 0.6) is 0 Å². The van der Waals surface area contributed by atoms with E-state index in [4.69, 9.17) is 4.84 Å². The van der Waals surface area contributed by atoms with Gasteiger partial charge in [0.1, 0.15) is 0 Å². The number of halogens is 1. The highest BCUT2D eigenvalue weighted by atomic mass is 35.5. The third-order valence-electron chi connectivity index (χ3n) is 4.19. The number of oxime groups is 1. The van der Waals surface area contributed by atoms with Gasteiger partial charge in [0, 0.05) is 32.5 Å². The van der Waals surface area contributed by atoms with Crippen LogP contribution >= 0.6 is 12.4 Å². The molecule has 3 rings (SSSR count). The van der Waals surface area contributed by atoms with Crippen LogP contribution in [-0.4, -0.2) is 29.7 Å². The summed E-state index contributed by atoms with van der Waals surface area (Å²) in [5.41, 5.74) is 3.86. The summed E-state index contributed by atoms with van der Waals surface area (Å²) in [5, 5.41) is 4.07. The minimum Gasteiger partial charge on any atom is -0.313 e. The van der Waals surface area contributed by atoms with Gasteiger partial charge in [-0.15, -0.1) is 12.4 Å². The molecule has 4 nitrogen and oxygen atoms in total. The molecular formula is C20H23ClN2O2. The predicted octanol–water partition coefficient (Wildman–Crippen LogP) is 4.23. The van der Waals surface area contributed by atoms with Gasteiger partial charge in [0.25, 0.3) is 0 Å². The van der Waals surface area contributed by atoms with Crippen LogP contribution in [0.1, 0.15) is 34.3 Å². The topological polar surface area (TPSA) is 41.9 Å². The SMILES string of the molecule is Cc1cccc(C(=O)ON=C2CCN(Cc3ccccc3)CC2)c1.Cl. The molecule has 0 saturated carbocycles. The molecule has 1 aliphatic heterocycles. The largest absolute Gasteiger partial charge is 0.365 e. The van der Waals surface area contributed by atoms with Crippen LogP contribution in [0.3, 0.4) is 0 Å². The van der Waals surface area contributed by atoms with E-state index in [9.17, 15) is 4.79 Å². The monoisotopic (exact) mass is 358 g/mol. The Bertz CT molecular complexity index is 721. The number of carbonyl (C=O) groups excluding carboxylic acids is 1. The maximum atomic E-state index is 12.0. The molecule has 0 bridgehead atoms. The fourth-order valence-electron chi connectivity index (χ4n) is 2.83. The Morgan fingerprint density at radius 1 is 1.08 bits per heavy atom. The van der Waals surface area contributed by atoms with E-state index in [-0.39, 0.29) is 12.4 Å². The minimum absolute atomic E-state index is 0. The minimum atomic E-state index is -0.391. The molecule has 0 radical (unpaired) electrons. The number of piperidine rings is 1. The smallest absolute Gasteiger partial charge is 0.313 e. The molecule has 2 aromatic carbocycles. The highest BCUT2D eigenvalue weighted by Crippen LogP contribution is 2.13. The first-order chi connectivity index (χ1) is 11.7. The van der Waals surface area contributed by atoms with Gasteiger partial charge >= 0.3 is 5.97 Å². The zero-order valence-electron chi connectivity index (χ0n) is 14.4. The molecule has 5 heteroatoms. The van der Waals surface area contributed by atoms with Crippen molar-refractivity contribution in [3.05, 3.63) is 71.3 Å². The van der Waals surface area contributed by atoms with Gasteiger partial charge in [0.05, 0.1) is 11.3 Å². The van der Waals surface area contributed by atoms with E-state index in [1.165, 1.54) is 5.56 Å². The van der Waals surface area contributed by atoms with Crippen LogP contribution in [0.2, 0.25) is 0 Å². The van der Waals surface area contributed by atoms with Gasteiger partial charge in [-0.05, 0) is 24.6 Å². The van der Waals surface area contributed by atoms with Gasteiger partial charge < -0.3 is 4.84 Å². The number of rotatable bonds is 4. The van der Waals surface area contributed by atoms with Crippen molar-refractivity contribution < 1.29 is 9.63 Å². The number of likely N-dealkylation sites (tertiary alicyclic amines) is 1. The third-order valence-corrected chi connectivity index (χ3v) is 4.19. The fraction of sp³-hybridized carbons (Fsp3) is 0.300. The maximum absolute atomic E-state index is 12.0. The summed E-state index contributed by atoms with van der Waals surface area (Å²) in [6, 6.07) is 17.8. The van der Waals surface area contributed by atoms with Crippen LogP contribution in [0.25, 0.3) is 0 Å². The second-order valence-electron chi connectivity index (χ2n) is 6.17. The first-order valence-corrected chi connectivity index (χ1v) is 8.31. The first-order valence-electron chi connectivity index (χ1n) is 8.31. The summed E-state index contributed by atoms with van der Waals surface area (Å²) >= 11 is 0. The molecular weight excluding hydrogens is 336 g/mol. The molecule has 0 unspecified atom stereocenters. The van der Waals surface area contributed by atoms with Crippen molar-refractivity contribution in [2.75, 3.05) is 13.1 Å². The summed E-state index contributed by atoms with van der Waals surface area (Å²) in [6.07, 6.45) is 1.68. The molecule has 2 aromatic rings. The lowest BCUT2D eigenvalue weighted by Crippen LogP contribution is -2.33. The van der Waals surface area contributed by atoms with Gasteiger partial charge in [0.2, 0.25) is 0 Å². The number of benzene rings is 2. The second-order valence-corrected chi connectivity index (χ2v) is 6.17. The van der Waals surface area contributed by atoms with Crippen molar-refractivity contribution in [2.24, 2.45) is 5.16 Å². The van der Waals surface area contributed by atoms with Gasteiger partial charge in [-0.25, -0.2) is 4.79 Å². The van der Waals surface area contributed by atoms with Gasteiger partial charge in [-0.1, -0.05) is 53.2 Å². The molecule has 1 aliphatic rings. The Kier molecular flexibility index (Phi) is 7.16. The Hall–Kier alpha value is -2.17. The van der Waals surface area contributed by atoms with Crippen LogP contribution in [-0.2, 0) is 11.4 Å². The molecule has 1 heterocycles. The fourth-order valence-corrected chi connectivity index (χ4v) is 2.83. The normalized spacial score (nSPS) is 14.5. The van der Waals surface area contributed by atoms with Crippen molar-refractivity contribution in [1.29, 1.82) is 0 Å². The maximum Gasteiger partial charge on any atom is 0.365 e. The van der Waals surface area contributed by atoms with Crippen LogP contribution in [0, 0.1) is 6.92 Å². The highest BCUT2D eigenvalue weighted by Gasteiger charge is 2.16. The molecule has 25 heavy (non-hydrogen) atoms. The molecule has 0 aromatic heterocycles. The molecule has 1 fully saturated rings. The van der Waals surface area contributed by atoms with Crippen LogP contribution < -0.4 is 0 Å². The Labute approximate surface area is 154 Å². The standard InChI is InChI=1S/C20H22N2O2.ClH/c1-16-6-5-9-18(14-16)20(23)24-21-19-10-12-22(13-11-19)15-17-7-3-2-4-8-17;/h2-9,14H,10-13,15H2,1H3;1H. The molecule has 1 saturated heterocycles. The lowest BCUT2D eigenvalue weighted by Gasteiger charge is -2.27. The van der Waals surface area contributed by atoms with E-state index >= 15 is 0 Å². The molecule has 0 spiro atoms. The molecule has 0 amide bonds. The average molecular weight is 359 g/mol. The van der Waals surface area contributed by atoms with Crippen molar-refractivity contribution in [1.82, 2.24) is 4.90 Å². The first kappa shape index (κ1) is 19.2. The van der Waals surface area contributed by atoms with Crippen LogP contribution in [0.15, 0.2) is 59.8 Å². The Morgan fingerprint density at radius 2 is 1.80 bits per heavy atom. The lowest BCUT2D eigenvalue weighted by molar-refractivity contribution is 0.0512. The zero-order chi connectivity index (χ0) is 16.8. The third kappa shape index (κ3) is 5.69. The average Bonchev–Trinajstić information content (AvgIpc) is 2.62. The number of carbonyl (C=O) groups is 1.